The zero-order valence-electron chi connectivity index (χ0n) is 12.7. The van der Waals surface area contributed by atoms with Crippen LogP contribution >= 0.6 is 6.89 Å². The highest BCUT2D eigenvalue weighted by molar-refractivity contribution is 7.76. The third-order valence-corrected chi connectivity index (χ3v) is 7.83. The van der Waals surface area contributed by atoms with Gasteiger partial charge in [0.2, 0.25) is 0 Å². The minimum absolute atomic E-state index is 0.105. The predicted molar refractivity (Wildman–Crippen MR) is 84.3 cm³/mol. The fourth-order valence-electron chi connectivity index (χ4n) is 2.22. The van der Waals surface area contributed by atoms with Gasteiger partial charge in [0.25, 0.3) is 0 Å². The van der Waals surface area contributed by atoms with Crippen molar-refractivity contribution in [1.29, 1.82) is 0 Å². The molecular formula is C15H31O2P. The molecule has 0 saturated heterocycles. The monoisotopic (exact) mass is 274 g/mol. The Bertz CT molecular complexity index is 243. The third-order valence-electron chi connectivity index (χ3n) is 3.45. The van der Waals surface area contributed by atoms with E-state index in [1.807, 2.05) is 5.80 Å². The van der Waals surface area contributed by atoms with E-state index in [4.69, 9.17) is 4.74 Å². The van der Waals surface area contributed by atoms with Gasteiger partial charge >= 0.3 is 5.97 Å². The van der Waals surface area contributed by atoms with E-state index in [-0.39, 0.29) is 5.97 Å². The van der Waals surface area contributed by atoms with Crippen molar-refractivity contribution < 1.29 is 9.53 Å². The molecule has 0 amide bonds. The Morgan fingerprint density at radius 3 is 1.61 bits per heavy atom. The molecular weight excluding hydrogens is 243 g/mol. The number of ether oxygens (including phenoxy) is 1. The zero-order valence-corrected chi connectivity index (χ0v) is 13.6. The Morgan fingerprint density at radius 1 is 0.944 bits per heavy atom. The van der Waals surface area contributed by atoms with Crippen molar-refractivity contribution in [3.8, 4) is 0 Å². The van der Waals surface area contributed by atoms with Crippen LogP contribution in [0.25, 0.3) is 0 Å². The maximum Gasteiger partial charge on any atom is 0.330 e. The minimum Gasteiger partial charge on any atom is -0.466 e. The van der Waals surface area contributed by atoms with Crippen LogP contribution in [0.2, 0.25) is 0 Å². The maximum atomic E-state index is 11.7. The molecule has 0 aliphatic carbocycles. The smallest absolute Gasteiger partial charge is 0.330 e. The quantitative estimate of drug-likeness (QED) is 0.436. The molecule has 0 saturated carbocycles. The van der Waals surface area contributed by atoms with Crippen molar-refractivity contribution in [2.75, 3.05) is 25.6 Å². The topological polar surface area (TPSA) is 26.3 Å². The van der Waals surface area contributed by atoms with Crippen LogP contribution in [0.15, 0.2) is 0 Å². The van der Waals surface area contributed by atoms with E-state index in [1.54, 1.807) is 0 Å². The van der Waals surface area contributed by atoms with Crippen molar-refractivity contribution in [2.45, 2.75) is 59.3 Å². The summed E-state index contributed by atoms with van der Waals surface area (Å²) in [6.45, 7) is 5.47. The van der Waals surface area contributed by atoms with E-state index < -0.39 is 6.89 Å². The van der Waals surface area contributed by atoms with E-state index in [1.165, 1.54) is 64.1 Å². The molecule has 2 nitrogen and oxygen atoms in total. The first-order chi connectivity index (χ1) is 8.64. The SMILES string of the molecule is CCCCP(=CC(=O)OC)(CCCC)CCCC. The number of rotatable bonds is 10. The van der Waals surface area contributed by atoms with Crippen molar-refractivity contribution in [1.82, 2.24) is 0 Å². The second kappa shape index (κ2) is 10.7. The molecule has 18 heavy (non-hydrogen) atoms. The van der Waals surface area contributed by atoms with Crippen LogP contribution in [0, 0.1) is 0 Å². The highest BCUT2D eigenvalue weighted by atomic mass is 31.2. The van der Waals surface area contributed by atoms with Gasteiger partial charge in [0, 0.05) is 5.80 Å². The molecule has 0 spiro atoms. The van der Waals surface area contributed by atoms with Crippen LogP contribution in [0.3, 0.4) is 0 Å². The number of carbonyl (C=O) groups is 1. The van der Waals surface area contributed by atoms with Crippen LogP contribution < -0.4 is 0 Å². The summed E-state index contributed by atoms with van der Waals surface area (Å²) in [5.41, 5.74) is 0. The molecule has 3 heteroatoms. The Kier molecular flexibility index (Phi) is 10.5. The van der Waals surface area contributed by atoms with Gasteiger partial charge in [-0.1, -0.05) is 46.9 Å². The molecule has 0 aromatic heterocycles. The fraction of sp³-hybridized carbons (Fsp3) is 0.867. The summed E-state index contributed by atoms with van der Waals surface area (Å²) in [5.74, 6) is 1.88. The molecule has 108 valence electrons. The summed E-state index contributed by atoms with van der Waals surface area (Å²) < 4.78 is 4.88. The van der Waals surface area contributed by atoms with Crippen LogP contribution in [0.5, 0.6) is 0 Å². The highest BCUT2D eigenvalue weighted by Gasteiger charge is 2.18. The van der Waals surface area contributed by atoms with Gasteiger partial charge < -0.3 is 4.74 Å². The molecule has 0 aromatic carbocycles. The molecule has 0 bridgehead atoms. The van der Waals surface area contributed by atoms with Gasteiger partial charge in [-0.3, -0.25) is 0 Å². The Hall–Kier alpha value is -0.230. The molecule has 0 N–H and O–H groups in total. The summed E-state index contributed by atoms with van der Waals surface area (Å²) in [7, 11) is 1.49. The first-order valence-electron chi connectivity index (χ1n) is 7.43. The van der Waals surface area contributed by atoms with Gasteiger partial charge in [0.1, 0.15) is 0 Å². The first kappa shape index (κ1) is 17.8. The minimum atomic E-state index is -1.22. The van der Waals surface area contributed by atoms with E-state index in [0.29, 0.717) is 0 Å². The molecule has 0 aliphatic heterocycles. The van der Waals surface area contributed by atoms with Crippen molar-refractivity contribution in [3.63, 3.8) is 0 Å². The standard InChI is InChI=1S/C15H31O2P/c1-5-8-11-18(12-9-6-2,13-10-7-3)14-15(16)17-4/h14H,5-13H2,1-4H3. The summed E-state index contributed by atoms with van der Waals surface area (Å²) in [4.78, 5) is 11.7. The fourth-order valence-corrected chi connectivity index (χ4v) is 6.67. The summed E-state index contributed by atoms with van der Waals surface area (Å²) in [6, 6.07) is 0. The average molecular weight is 274 g/mol. The Balaban J connectivity index is 4.96. The largest absolute Gasteiger partial charge is 0.466 e. The third kappa shape index (κ3) is 7.26. The number of esters is 1. The Morgan fingerprint density at radius 2 is 1.33 bits per heavy atom. The Labute approximate surface area is 113 Å². The molecule has 0 aliphatic rings. The summed E-state index contributed by atoms with van der Waals surface area (Å²) >= 11 is 0. The lowest BCUT2D eigenvalue weighted by Crippen LogP contribution is -2.11. The zero-order chi connectivity index (χ0) is 13.9. The van der Waals surface area contributed by atoms with Gasteiger partial charge in [-0.25, -0.2) is 4.79 Å². The average Bonchev–Trinajstić information content (AvgIpc) is 2.40. The molecule has 0 heterocycles. The van der Waals surface area contributed by atoms with E-state index >= 15 is 0 Å². The maximum absolute atomic E-state index is 11.7. The number of methoxy groups -OCH3 is 1. The predicted octanol–water partition coefficient (Wildman–Crippen LogP) is 4.38. The van der Waals surface area contributed by atoms with Crippen molar-refractivity contribution in [3.05, 3.63) is 0 Å². The molecule has 0 fully saturated rings. The lowest BCUT2D eigenvalue weighted by molar-refractivity contribution is -0.132. The van der Waals surface area contributed by atoms with Gasteiger partial charge in [-0.2, -0.15) is 0 Å². The second-order valence-electron chi connectivity index (χ2n) is 5.10. The van der Waals surface area contributed by atoms with Crippen molar-refractivity contribution >= 4 is 18.7 Å². The van der Waals surface area contributed by atoms with Crippen LogP contribution in [-0.2, 0) is 9.53 Å². The van der Waals surface area contributed by atoms with Crippen LogP contribution in [-0.4, -0.2) is 37.4 Å². The lowest BCUT2D eigenvalue weighted by Gasteiger charge is -2.26. The van der Waals surface area contributed by atoms with Crippen molar-refractivity contribution in [2.24, 2.45) is 0 Å². The number of hydrogen-bond acceptors (Lipinski definition) is 2. The van der Waals surface area contributed by atoms with Gasteiger partial charge in [-0.05, 0) is 37.7 Å². The molecule has 0 rings (SSSR count). The lowest BCUT2D eigenvalue weighted by atomic mass is 10.4. The summed E-state index contributed by atoms with van der Waals surface area (Å²) in [5, 5.41) is 0. The van der Waals surface area contributed by atoms with E-state index in [9.17, 15) is 4.79 Å². The molecule has 0 unspecified atom stereocenters. The highest BCUT2D eigenvalue weighted by Crippen LogP contribution is 2.49. The van der Waals surface area contributed by atoms with E-state index in [2.05, 4.69) is 20.8 Å². The number of unbranched alkanes of at least 4 members (excludes halogenated alkanes) is 3. The van der Waals surface area contributed by atoms with Gasteiger partial charge in [0.05, 0.1) is 7.11 Å². The normalized spacial score (nSPS) is 11.3. The molecule has 0 aromatic rings. The van der Waals surface area contributed by atoms with Crippen LogP contribution in [0.1, 0.15) is 59.3 Å². The van der Waals surface area contributed by atoms with Gasteiger partial charge in [0.15, 0.2) is 0 Å². The first-order valence-corrected chi connectivity index (χ1v) is 9.85. The molecule has 0 atom stereocenters. The number of carbonyl (C=O) groups excluding carboxylic acids is 1. The number of hydrogen-bond donors (Lipinski definition) is 0. The van der Waals surface area contributed by atoms with Gasteiger partial charge in [-0.15, -0.1) is 0 Å². The van der Waals surface area contributed by atoms with E-state index in [0.717, 1.165) is 0 Å². The molecule has 0 radical (unpaired) electrons. The summed E-state index contributed by atoms with van der Waals surface area (Å²) in [6.07, 6.45) is 11.1. The van der Waals surface area contributed by atoms with Crippen LogP contribution in [0.4, 0.5) is 0 Å². The second-order valence-corrected chi connectivity index (χ2v) is 9.14.